The molecule has 1 N–H and O–H groups in total. The summed E-state index contributed by atoms with van der Waals surface area (Å²) in [6, 6.07) is 10.9. The van der Waals surface area contributed by atoms with Crippen LogP contribution in [0.1, 0.15) is 27.4 Å². The van der Waals surface area contributed by atoms with Gasteiger partial charge in [0, 0.05) is 18.7 Å². The van der Waals surface area contributed by atoms with Gasteiger partial charge in [-0.1, -0.05) is 24.3 Å². The van der Waals surface area contributed by atoms with Crippen molar-refractivity contribution in [3.63, 3.8) is 0 Å². The highest BCUT2D eigenvalue weighted by Gasteiger charge is 2.33. The zero-order valence-electron chi connectivity index (χ0n) is 14.4. The number of amides is 1. The number of benzene rings is 2. The first-order valence-corrected chi connectivity index (χ1v) is 8.13. The summed E-state index contributed by atoms with van der Waals surface area (Å²) in [5.41, 5.74) is 1.64. The molecule has 1 atom stereocenters. The first kappa shape index (κ1) is 18.6. The Bertz CT molecular complexity index is 871. The summed E-state index contributed by atoms with van der Waals surface area (Å²) in [4.78, 5) is 25.9. The van der Waals surface area contributed by atoms with Crippen LogP contribution in [0, 0.1) is 0 Å². The maximum atomic E-state index is 12.9. The van der Waals surface area contributed by atoms with Crippen molar-refractivity contribution in [3.8, 4) is 11.5 Å². The minimum Gasteiger partial charge on any atom is -0.493 e. The molecule has 0 aromatic heterocycles. The minimum absolute atomic E-state index is 0.00616. The fourth-order valence-electron chi connectivity index (χ4n) is 3.15. The summed E-state index contributed by atoms with van der Waals surface area (Å²) in [7, 11) is 1.28. The van der Waals surface area contributed by atoms with Gasteiger partial charge in [-0.05, 0) is 29.3 Å². The fourth-order valence-corrected chi connectivity index (χ4v) is 3.15. The number of fused-ring (bicyclic) bond motifs is 1. The summed E-state index contributed by atoms with van der Waals surface area (Å²) < 4.78 is 34.2. The van der Waals surface area contributed by atoms with E-state index in [0.717, 1.165) is 5.56 Å². The second-order valence-corrected chi connectivity index (χ2v) is 6.02. The van der Waals surface area contributed by atoms with Crippen molar-refractivity contribution in [1.29, 1.82) is 0 Å². The van der Waals surface area contributed by atoms with Crippen LogP contribution in [-0.2, 0) is 11.3 Å². The van der Waals surface area contributed by atoms with Crippen LogP contribution in [0.4, 0.5) is 8.78 Å². The number of halogens is 2. The number of ether oxygens (including phenoxy) is 2. The third kappa shape index (κ3) is 3.84. The third-order valence-electron chi connectivity index (χ3n) is 4.41. The first-order valence-electron chi connectivity index (χ1n) is 8.13. The molecule has 3 rings (SSSR count). The molecule has 0 saturated heterocycles. The van der Waals surface area contributed by atoms with Crippen molar-refractivity contribution in [1.82, 2.24) is 4.90 Å². The standard InChI is InChI=1S/C19H17F2NO5/c1-26-16-8-11(6-7-15(16)27-19(20)21)17(23)22-9-12-4-2-3-5-13(12)14(10-22)18(24)25/h2-8,14,19H,9-10H2,1H3,(H,24,25). The molecule has 6 nitrogen and oxygen atoms in total. The largest absolute Gasteiger partial charge is 0.493 e. The topological polar surface area (TPSA) is 76.1 Å². The number of carboxylic acid groups (broad SMARTS) is 1. The van der Waals surface area contributed by atoms with E-state index in [-0.39, 0.29) is 30.2 Å². The molecular weight excluding hydrogens is 360 g/mol. The van der Waals surface area contributed by atoms with Gasteiger partial charge < -0.3 is 19.5 Å². The smallest absolute Gasteiger partial charge is 0.387 e. The van der Waals surface area contributed by atoms with Gasteiger partial charge in [0.2, 0.25) is 0 Å². The Morgan fingerprint density at radius 2 is 1.93 bits per heavy atom. The monoisotopic (exact) mass is 377 g/mol. The Morgan fingerprint density at radius 1 is 1.19 bits per heavy atom. The molecule has 2 aromatic rings. The van der Waals surface area contributed by atoms with Gasteiger partial charge in [0.25, 0.3) is 5.91 Å². The third-order valence-corrected chi connectivity index (χ3v) is 4.41. The number of hydrogen-bond acceptors (Lipinski definition) is 4. The number of alkyl halides is 2. The van der Waals surface area contributed by atoms with Crippen molar-refractivity contribution in [2.24, 2.45) is 0 Å². The highest BCUT2D eigenvalue weighted by molar-refractivity contribution is 5.95. The van der Waals surface area contributed by atoms with E-state index in [9.17, 15) is 23.5 Å². The molecule has 1 unspecified atom stereocenters. The van der Waals surface area contributed by atoms with Gasteiger partial charge in [0.1, 0.15) is 0 Å². The van der Waals surface area contributed by atoms with Crippen molar-refractivity contribution in [2.75, 3.05) is 13.7 Å². The second-order valence-electron chi connectivity index (χ2n) is 6.02. The van der Waals surface area contributed by atoms with E-state index in [1.54, 1.807) is 24.3 Å². The lowest BCUT2D eigenvalue weighted by molar-refractivity contribution is -0.139. The molecule has 0 fully saturated rings. The molecule has 0 spiro atoms. The Labute approximate surface area is 153 Å². The number of rotatable bonds is 5. The summed E-state index contributed by atoms with van der Waals surface area (Å²) in [5, 5.41) is 9.51. The Kier molecular flexibility index (Phi) is 5.25. The first-order chi connectivity index (χ1) is 12.9. The number of carbonyl (C=O) groups is 2. The molecule has 1 aliphatic rings. The van der Waals surface area contributed by atoms with Crippen molar-refractivity contribution in [2.45, 2.75) is 19.1 Å². The van der Waals surface area contributed by atoms with E-state index in [1.807, 2.05) is 0 Å². The van der Waals surface area contributed by atoms with E-state index in [4.69, 9.17) is 4.74 Å². The molecule has 142 valence electrons. The summed E-state index contributed by atoms with van der Waals surface area (Å²) in [5.74, 6) is -2.46. The maximum Gasteiger partial charge on any atom is 0.387 e. The van der Waals surface area contributed by atoms with Gasteiger partial charge in [-0.2, -0.15) is 8.78 Å². The van der Waals surface area contributed by atoms with Crippen LogP contribution in [0.3, 0.4) is 0 Å². The van der Waals surface area contributed by atoms with Gasteiger partial charge >= 0.3 is 12.6 Å². The average Bonchev–Trinajstić information content (AvgIpc) is 2.66. The van der Waals surface area contributed by atoms with Crippen LogP contribution < -0.4 is 9.47 Å². The fraction of sp³-hybridized carbons (Fsp3) is 0.263. The summed E-state index contributed by atoms with van der Waals surface area (Å²) >= 11 is 0. The van der Waals surface area contributed by atoms with Crippen molar-refractivity contribution < 1.29 is 33.0 Å². The van der Waals surface area contributed by atoms with E-state index in [0.29, 0.717) is 5.56 Å². The highest BCUT2D eigenvalue weighted by atomic mass is 19.3. The average molecular weight is 377 g/mol. The van der Waals surface area contributed by atoms with E-state index in [2.05, 4.69) is 4.74 Å². The molecule has 1 aliphatic heterocycles. The second kappa shape index (κ2) is 7.61. The maximum absolute atomic E-state index is 12.9. The van der Waals surface area contributed by atoms with Crippen LogP contribution in [-0.4, -0.2) is 42.1 Å². The number of carbonyl (C=O) groups excluding carboxylic acids is 1. The molecule has 0 saturated carbocycles. The molecule has 27 heavy (non-hydrogen) atoms. The van der Waals surface area contributed by atoms with Crippen LogP contribution in [0.2, 0.25) is 0 Å². The molecule has 2 aromatic carbocycles. The lowest BCUT2D eigenvalue weighted by Gasteiger charge is -2.33. The molecule has 1 heterocycles. The van der Waals surface area contributed by atoms with Gasteiger partial charge in [-0.15, -0.1) is 0 Å². The highest BCUT2D eigenvalue weighted by Crippen LogP contribution is 2.32. The Balaban J connectivity index is 1.89. The molecule has 8 heteroatoms. The SMILES string of the molecule is COc1cc(C(=O)N2Cc3ccccc3C(C(=O)O)C2)ccc1OC(F)F. The number of aliphatic carboxylic acids is 1. The molecule has 0 aliphatic carbocycles. The summed E-state index contributed by atoms with van der Waals surface area (Å²) in [6.45, 7) is -2.74. The van der Waals surface area contributed by atoms with Gasteiger partial charge in [-0.3, -0.25) is 9.59 Å². The van der Waals surface area contributed by atoms with E-state index in [1.165, 1.54) is 30.2 Å². The van der Waals surface area contributed by atoms with Crippen molar-refractivity contribution >= 4 is 11.9 Å². The molecular formula is C19H17F2NO5. The minimum atomic E-state index is -3.02. The Hall–Kier alpha value is -3.16. The number of hydrogen-bond donors (Lipinski definition) is 1. The zero-order valence-corrected chi connectivity index (χ0v) is 14.4. The number of nitrogens with zero attached hydrogens (tertiary/aromatic N) is 1. The number of carboxylic acids is 1. The molecule has 1 amide bonds. The quantitative estimate of drug-likeness (QED) is 0.867. The Morgan fingerprint density at radius 3 is 2.59 bits per heavy atom. The predicted octanol–water partition coefficient (Wildman–Crippen LogP) is 3.12. The summed E-state index contributed by atoms with van der Waals surface area (Å²) in [6.07, 6.45) is 0. The molecule has 0 bridgehead atoms. The van der Waals surface area contributed by atoms with Gasteiger partial charge in [0.05, 0.1) is 13.0 Å². The lowest BCUT2D eigenvalue weighted by Crippen LogP contribution is -2.40. The van der Waals surface area contributed by atoms with Crippen LogP contribution in [0.5, 0.6) is 11.5 Å². The number of methoxy groups -OCH3 is 1. The van der Waals surface area contributed by atoms with Crippen LogP contribution >= 0.6 is 0 Å². The van der Waals surface area contributed by atoms with E-state index < -0.39 is 24.4 Å². The van der Waals surface area contributed by atoms with Crippen molar-refractivity contribution in [3.05, 3.63) is 59.2 Å². The predicted molar refractivity (Wildman–Crippen MR) is 91.2 cm³/mol. The zero-order chi connectivity index (χ0) is 19.6. The molecule has 0 radical (unpaired) electrons. The lowest BCUT2D eigenvalue weighted by atomic mass is 9.89. The van der Waals surface area contributed by atoms with Gasteiger partial charge in [-0.25, -0.2) is 0 Å². The van der Waals surface area contributed by atoms with Crippen LogP contribution in [0.25, 0.3) is 0 Å². The van der Waals surface area contributed by atoms with Crippen LogP contribution in [0.15, 0.2) is 42.5 Å². The van der Waals surface area contributed by atoms with E-state index >= 15 is 0 Å². The normalized spacial score (nSPS) is 16.0. The van der Waals surface area contributed by atoms with Gasteiger partial charge in [0.15, 0.2) is 11.5 Å².